The van der Waals surface area contributed by atoms with E-state index in [0.29, 0.717) is 6.61 Å². The largest absolute Gasteiger partial charge is 0.466 e. The van der Waals surface area contributed by atoms with Gasteiger partial charge in [-0.15, -0.1) is 0 Å². The van der Waals surface area contributed by atoms with Crippen LogP contribution in [-0.2, 0) is 19.1 Å². The van der Waals surface area contributed by atoms with Gasteiger partial charge in [0.2, 0.25) is 11.8 Å². The van der Waals surface area contributed by atoms with Gasteiger partial charge < -0.3 is 9.47 Å². The average Bonchev–Trinajstić information content (AvgIpc) is 2.76. The maximum atomic E-state index is 13.0. The maximum Gasteiger partial charge on any atom is 0.324 e. The molecule has 0 aliphatic heterocycles. The van der Waals surface area contributed by atoms with Crippen LogP contribution in [0.2, 0.25) is 0 Å². The van der Waals surface area contributed by atoms with Gasteiger partial charge in [0.15, 0.2) is 0 Å². The topological polar surface area (TPSA) is 52.6 Å². The third-order valence-electron chi connectivity index (χ3n) is 5.16. The van der Waals surface area contributed by atoms with E-state index >= 15 is 0 Å². The van der Waals surface area contributed by atoms with Crippen molar-refractivity contribution in [2.75, 3.05) is 13.2 Å². The average molecular weight is 538 g/mol. The molecule has 0 bridgehead atoms. The Morgan fingerprint density at radius 1 is 0.788 bits per heavy atom. The number of esters is 2. The number of rotatable bonds is 4. The smallest absolute Gasteiger partial charge is 0.324 e. The first-order valence-corrected chi connectivity index (χ1v) is 11.5. The zero-order valence-corrected chi connectivity index (χ0v) is 20.7. The molecule has 0 aromatic heterocycles. The molecule has 0 amide bonds. The molecule has 0 saturated heterocycles. The van der Waals surface area contributed by atoms with Gasteiger partial charge in [-0.25, -0.2) is 17.6 Å². The third-order valence-corrected chi connectivity index (χ3v) is 5.54. The van der Waals surface area contributed by atoms with E-state index in [9.17, 15) is 27.2 Å². The lowest BCUT2D eigenvalue weighted by Crippen LogP contribution is -2.39. The van der Waals surface area contributed by atoms with E-state index in [0.717, 1.165) is 0 Å². The van der Waals surface area contributed by atoms with Crippen molar-refractivity contribution in [3.8, 4) is 22.1 Å². The molecule has 0 spiro atoms. The van der Waals surface area contributed by atoms with Crippen LogP contribution in [0.1, 0.15) is 65.2 Å². The van der Waals surface area contributed by atoms with Crippen LogP contribution in [0, 0.1) is 33.4 Å². The predicted molar refractivity (Wildman–Crippen MR) is 119 cm³/mol. The summed E-state index contributed by atoms with van der Waals surface area (Å²) in [6, 6.07) is 0. The maximum absolute atomic E-state index is 13.0. The fourth-order valence-electron chi connectivity index (χ4n) is 3.32. The highest BCUT2D eigenvalue weighted by atomic mass is 35.5. The molecule has 0 aromatic rings. The number of alkyl halides is 4. The molecule has 2 aliphatic carbocycles. The molecule has 0 N–H and O–H groups in total. The standard InChI is InChI=1S/C11H13ClF2O2.C9H14F2O2.C2Cl2/c1-2-16-9(15)10(7-8-12)3-5-11(13,14)6-4-10;1-2-13-8(12)7-3-5-9(10,11)6-4-7;3-1-2-4/h2-6H2,1H3;7H,2-6H2,1H3;. The normalized spacial score (nSPS) is 19.9. The van der Waals surface area contributed by atoms with Crippen molar-refractivity contribution in [3.63, 3.8) is 0 Å². The first-order valence-electron chi connectivity index (χ1n) is 10.4. The van der Waals surface area contributed by atoms with Gasteiger partial charge in [0.05, 0.1) is 19.1 Å². The summed E-state index contributed by atoms with van der Waals surface area (Å²) in [6.45, 7) is 3.92. The lowest BCUT2D eigenvalue weighted by atomic mass is 9.73. The highest BCUT2D eigenvalue weighted by Gasteiger charge is 2.48. The van der Waals surface area contributed by atoms with Crippen LogP contribution in [0.3, 0.4) is 0 Å². The number of carbonyl (C=O) groups is 2. The number of hydrogen-bond acceptors (Lipinski definition) is 4. The number of hydrogen-bond donors (Lipinski definition) is 0. The van der Waals surface area contributed by atoms with Crippen molar-refractivity contribution in [3.05, 3.63) is 0 Å². The summed E-state index contributed by atoms with van der Waals surface area (Å²) in [7, 11) is 0. The van der Waals surface area contributed by atoms with E-state index < -0.39 is 23.2 Å². The second-order valence-corrected chi connectivity index (χ2v) is 8.02. The van der Waals surface area contributed by atoms with Gasteiger partial charge in [-0.05, 0) is 74.3 Å². The molecule has 2 rings (SSSR count). The minimum absolute atomic E-state index is 0.00144. The summed E-state index contributed by atoms with van der Waals surface area (Å²) in [5.41, 5.74) is -1.14. The van der Waals surface area contributed by atoms with Crippen molar-refractivity contribution >= 4 is 46.7 Å². The molecule has 0 aromatic carbocycles. The van der Waals surface area contributed by atoms with Gasteiger partial charge >= 0.3 is 11.9 Å². The Kier molecular flexibility index (Phi) is 14.9. The van der Waals surface area contributed by atoms with E-state index in [1.807, 2.05) is 10.8 Å². The second kappa shape index (κ2) is 15.5. The van der Waals surface area contributed by atoms with Gasteiger partial charge in [0.25, 0.3) is 0 Å². The fraction of sp³-hybridized carbons (Fsp3) is 0.727. The zero-order valence-electron chi connectivity index (χ0n) is 18.4. The Balaban J connectivity index is 0.000000542. The molecule has 0 heterocycles. The molecular formula is C22H27Cl3F4O4. The second-order valence-electron chi connectivity index (χ2n) is 7.45. The molecule has 0 atom stereocenters. The van der Waals surface area contributed by atoms with Gasteiger partial charge in [-0.1, -0.05) is 5.92 Å². The summed E-state index contributed by atoms with van der Waals surface area (Å²) in [4.78, 5) is 22.8. The Morgan fingerprint density at radius 2 is 1.24 bits per heavy atom. The molecular weight excluding hydrogens is 511 g/mol. The Hall–Kier alpha value is -1.35. The Morgan fingerprint density at radius 3 is 1.64 bits per heavy atom. The quantitative estimate of drug-likeness (QED) is 0.227. The van der Waals surface area contributed by atoms with E-state index in [2.05, 4.69) is 11.3 Å². The minimum atomic E-state index is -2.70. The van der Waals surface area contributed by atoms with Crippen LogP contribution >= 0.6 is 34.8 Å². The van der Waals surface area contributed by atoms with E-state index in [1.165, 1.54) is 0 Å². The monoisotopic (exact) mass is 536 g/mol. The van der Waals surface area contributed by atoms with Crippen molar-refractivity contribution in [2.45, 2.75) is 77.1 Å². The highest BCUT2D eigenvalue weighted by molar-refractivity contribution is 6.38. The van der Waals surface area contributed by atoms with Crippen LogP contribution in [0.5, 0.6) is 0 Å². The summed E-state index contributed by atoms with van der Waals surface area (Å²) >= 11 is 14.7. The molecule has 0 radical (unpaired) electrons. The highest BCUT2D eigenvalue weighted by Crippen LogP contribution is 2.44. The van der Waals surface area contributed by atoms with Crippen LogP contribution in [-0.4, -0.2) is 37.0 Å². The van der Waals surface area contributed by atoms with Gasteiger partial charge in [0, 0.05) is 41.8 Å². The van der Waals surface area contributed by atoms with Gasteiger partial charge in [-0.2, -0.15) is 0 Å². The van der Waals surface area contributed by atoms with Crippen LogP contribution in [0.25, 0.3) is 0 Å². The van der Waals surface area contributed by atoms with Crippen LogP contribution in [0.15, 0.2) is 0 Å². The lowest BCUT2D eigenvalue weighted by molar-refractivity contribution is -0.157. The van der Waals surface area contributed by atoms with Crippen molar-refractivity contribution in [1.82, 2.24) is 0 Å². The molecule has 33 heavy (non-hydrogen) atoms. The van der Waals surface area contributed by atoms with Gasteiger partial charge in [0.1, 0.15) is 5.41 Å². The first-order chi connectivity index (χ1) is 15.4. The molecule has 188 valence electrons. The van der Waals surface area contributed by atoms with Gasteiger partial charge in [-0.3, -0.25) is 9.59 Å². The molecule has 0 unspecified atom stereocenters. The van der Waals surface area contributed by atoms with E-state index in [-0.39, 0.29) is 69.9 Å². The fourth-order valence-corrected chi connectivity index (χ4v) is 3.50. The number of halogens is 7. The molecule has 2 saturated carbocycles. The Labute approximate surface area is 207 Å². The summed E-state index contributed by atoms with van der Waals surface area (Å²) in [5, 5.41) is 5.96. The molecule has 11 heteroatoms. The summed E-state index contributed by atoms with van der Waals surface area (Å²) < 4.78 is 61.0. The summed E-state index contributed by atoms with van der Waals surface area (Å²) in [5.74, 6) is -3.91. The molecule has 2 fully saturated rings. The SMILES string of the molecule is CCOC(=O)C1(C#CCl)CCC(F)(F)CC1.CCOC(=O)C1CCC(F)(F)CC1.ClC#CCl. The molecule has 4 nitrogen and oxygen atoms in total. The van der Waals surface area contributed by atoms with Crippen LogP contribution in [0.4, 0.5) is 17.6 Å². The lowest BCUT2D eigenvalue weighted by Gasteiger charge is -2.33. The van der Waals surface area contributed by atoms with Crippen molar-refractivity contribution in [2.24, 2.45) is 11.3 Å². The third kappa shape index (κ3) is 12.1. The number of carbonyl (C=O) groups excluding carboxylic acids is 2. The molecule has 2 aliphatic rings. The first kappa shape index (κ1) is 31.6. The van der Waals surface area contributed by atoms with E-state index in [4.69, 9.17) is 44.3 Å². The Bertz CT molecular complexity index is 728. The predicted octanol–water partition coefficient (Wildman–Crippen LogP) is 6.70. The van der Waals surface area contributed by atoms with Crippen LogP contribution < -0.4 is 0 Å². The van der Waals surface area contributed by atoms with E-state index in [1.54, 1.807) is 13.8 Å². The number of ether oxygens (including phenoxy) is 2. The summed E-state index contributed by atoms with van der Waals surface area (Å²) in [6.07, 6.45) is -0.559. The van der Waals surface area contributed by atoms with Crippen molar-refractivity contribution < 1.29 is 36.6 Å². The zero-order chi connectivity index (χ0) is 25.5. The van der Waals surface area contributed by atoms with Crippen molar-refractivity contribution in [1.29, 1.82) is 0 Å². The minimum Gasteiger partial charge on any atom is -0.466 e.